The van der Waals surface area contributed by atoms with Gasteiger partial charge in [-0.1, -0.05) is 43.3 Å². The molecule has 1 atom stereocenters. The fourth-order valence-electron chi connectivity index (χ4n) is 2.92. The maximum atomic E-state index is 6.04. The van der Waals surface area contributed by atoms with Crippen LogP contribution in [0.15, 0.2) is 42.5 Å². The van der Waals surface area contributed by atoms with E-state index in [1.54, 1.807) is 0 Å². The molecule has 3 rings (SSSR count). The maximum Gasteiger partial charge on any atom is 0.123 e. The van der Waals surface area contributed by atoms with Crippen molar-refractivity contribution in [1.29, 1.82) is 0 Å². The highest BCUT2D eigenvalue weighted by molar-refractivity contribution is 5.43. The highest BCUT2D eigenvalue weighted by Gasteiger charge is 2.18. The van der Waals surface area contributed by atoms with Crippen molar-refractivity contribution in [2.45, 2.75) is 45.9 Å². The molecule has 0 spiro atoms. The summed E-state index contributed by atoms with van der Waals surface area (Å²) in [6.45, 7) is 5.99. The van der Waals surface area contributed by atoms with Crippen molar-refractivity contribution >= 4 is 0 Å². The number of ether oxygens (including phenoxy) is 1. The molecule has 1 unspecified atom stereocenters. The second-order valence-corrected chi connectivity index (χ2v) is 5.85. The van der Waals surface area contributed by atoms with Crippen molar-refractivity contribution in [2.24, 2.45) is 0 Å². The Balaban J connectivity index is 1.76. The van der Waals surface area contributed by atoms with E-state index >= 15 is 0 Å². The minimum atomic E-state index is 0.599. The lowest BCUT2D eigenvalue weighted by atomic mass is 9.93. The summed E-state index contributed by atoms with van der Waals surface area (Å²) in [6.07, 6.45) is 2.28. The zero-order valence-electron chi connectivity index (χ0n) is 12.9. The van der Waals surface area contributed by atoms with Gasteiger partial charge in [-0.2, -0.15) is 0 Å². The van der Waals surface area contributed by atoms with Crippen molar-refractivity contribution in [3.05, 3.63) is 64.7 Å². The van der Waals surface area contributed by atoms with E-state index in [9.17, 15) is 0 Å². The molecule has 0 fully saturated rings. The second kappa shape index (κ2) is 6.31. The molecule has 1 N–H and O–H groups in total. The van der Waals surface area contributed by atoms with Crippen LogP contribution in [-0.4, -0.2) is 6.04 Å². The van der Waals surface area contributed by atoms with Crippen LogP contribution in [0.3, 0.4) is 0 Å². The van der Waals surface area contributed by atoms with Crippen molar-refractivity contribution in [2.75, 3.05) is 0 Å². The molecule has 1 aliphatic rings. The van der Waals surface area contributed by atoms with Gasteiger partial charge in [0.05, 0.1) is 0 Å². The summed E-state index contributed by atoms with van der Waals surface area (Å²) in [4.78, 5) is 0. The van der Waals surface area contributed by atoms with Crippen LogP contribution >= 0.6 is 0 Å². The molecule has 0 aliphatic carbocycles. The monoisotopic (exact) mass is 281 g/mol. The standard InChI is InChI=1S/C19H23NO/c1-3-18-10-16-11-19(14(2)9-17(16)12-20-18)21-13-15-7-5-4-6-8-15/h4-9,11,18,20H,3,10,12-13H2,1-2H3. The van der Waals surface area contributed by atoms with Crippen molar-refractivity contribution in [3.8, 4) is 5.75 Å². The van der Waals surface area contributed by atoms with Gasteiger partial charge in [-0.3, -0.25) is 0 Å². The van der Waals surface area contributed by atoms with Gasteiger partial charge in [0.2, 0.25) is 0 Å². The molecule has 0 saturated heterocycles. The zero-order chi connectivity index (χ0) is 14.7. The van der Waals surface area contributed by atoms with Crippen LogP contribution in [0, 0.1) is 6.92 Å². The predicted octanol–water partition coefficient (Wildman–Crippen LogP) is 4.00. The lowest BCUT2D eigenvalue weighted by Gasteiger charge is -2.26. The van der Waals surface area contributed by atoms with Crippen molar-refractivity contribution < 1.29 is 4.74 Å². The first-order valence-electron chi connectivity index (χ1n) is 7.78. The number of hydrogen-bond donors (Lipinski definition) is 1. The number of benzene rings is 2. The zero-order valence-corrected chi connectivity index (χ0v) is 12.9. The van der Waals surface area contributed by atoms with Crippen LogP contribution in [-0.2, 0) is 19.6 Å². The third-order valence-corrected chi connectivity index (χ3v) is 4.27. The SMILES string of the molecule is CCC1Cc2cc(OCc3ccccc3)c(C)cc2CN1. The first kappa shape index (κ1) is 14.2. The quantitative estimate of drug-likeness (QED) is 0.914. The molecular formula is C19H23NO. The molecule has 2 nitrogen and oxygen atoms in total. The predicted molar refractivity (Wildman–Crippen MR) is 86.6 cm³/mol. The second-order valence-electron chi connectivity index (χ2n) is 5.85. The summed E-state index contributed by atoms with van der Waals surface area (Å²) >= 11 is 0. The molecular weight excluding hydrogens is 258 g/mol. The third kappa shape index (κ3) is 3.27. The summed E-state index contributed by atoms with van der Waals surface area (Å²) < 4.78 is 6.04. The van der Waals surface area contributed by atoms with E-state index in [4.69, 9.17) is 4.74 Å². The van der Waals surface area contributed by atoms with Crippen molar-refractivity contribution in [3.63, 3.8) is 0 Å². The molecule has 2 aromatic carbocycles. The molecule has 2 heteroatoms. The molecule has 0 radical (unpaired) electrons. The number of aryl methyl sites for hydroxylation is 1. The van der Waals surface area contributed by atoms with E-state index in [2.05, 4.69) is 55.6 Å². The summed E-state index contributed by atoms with van der Waals surface area (Å²) in [6, 6.07) is 15.5. The topological polar surface area (TPSA) is 21.3 Å². The molecule has 0 amide bonds. The Kier molecular flexibility index (Phi) is 4.26. The number of rotatable bonds is 4. The molecule has 0 saturated carbocycles. The molecule has 0 bridgehead atoms. The molecule has 0 aromatic heterocycles. The van der Waals surface area contributed by atoms with Crippen LogP contribution in [0.4, 0.5) is 0 Å². The normalized spacial score (nSPS) is 17.3. The number of fused-ring (bicyclic) bond motifs is 1. The average molecular weight is 281 g/mol. The van der Waals surface area contributed by atoms with Gasteiger partial charge in [0.15, 0.2) is 0 Å². The summed E-state index contributed by atoms with van der Waals surface area (Å²) in [7, 11) is 0. The van der Waals surface area contributed by atoms with Gasteiger partial charge in [-0.05, 0) is 48.1 Å². The van der Waals surface area contributed by atoms with Gasteiger partial charge in [0.1, 0.15) is 12.4 Å². The fourth-order valence-corrected chi connectivity index (χ4v) is 2.92. The largest absolute Gasteiger partial charge is 0.489 e. The summed E-state index contributed by atoms with van der Waals surface area (Å²) in [5.41, 5.74) is 5.29. The van der Waals surface area contributed by atoms with E-state index < -0.39 is 0 Å². The Hall–Kier alpha value is -1.80. The van der Waals surface area contributed by atoms with Crippen LogP contribution in [0.5, 0.6) is 5.75 Å². The lowest BCUT2D eigenvalue weighted by molar-refractivity contribution is 0.303. The number of nitrogens with one attached hydrogen (secondary N) is 1. The molecule has 1 heterocycles. The third-order valence-electron chi connectivity index (χ3n) is 4.27. The minimum Gasteiger partial charge on any atom is -0.489 e. The number of hydrogen-bond acceptors (Lipinski definition) is 2. The Bertz CT molecular complexity index is 606. The Morgan fingerprint density at radius 3 is 2.71 bits per heavy atom. The van der Waals surface area contributed by atoms with Crippen LogP contribution in [0.25, 0.3) is 0 Å². The average Bonchev–Trinajstić information content (AvgIpc) is 2.53. The van der Waals surface area contributed by atoms with E-state index in [0.29, 0.717) is 12.6 Å². The van der Waals surface area contributed by atoms with Gasteiger partial charge in [0.25, 0.3) is 0 Å². The highest BCUT2D eigenvalue weighted by Crippen LogP contribution is 2.27. The molecule has 110 valence electrons. The highest BCUT2D eigenvalue weighted by atomic mass is 16.5. The summed E-state index contributed by atoms with van der Waals surface area (Å²) in [5, 5.41) is 3.59. The van der Waals surface area contributed by atoms with E-state index in [1.807, 2.05) is 6.07 Å². The van der Waals surface area contributed by atoms with E-state index in [0.717, 1.165) is 18.7 Å². The van der Waals surface area contributed by atoms with E-state index in [-0.39, 0.29) is 0 Å². The fraction of sp³-hybridized carbons (Fsp3) is 0.368. The lowest BCUT2D eigenvalue weighted by Crippen LogP contribution is -2.34. The van der Waals surface area contributed by atoms with Crippen LogP contribution < -0.4 is 10.1 Å². The maximum absolute atomic E-state index is 6.04. The minimum absolute atomic E-state index is 0.599. The van der Waals surface area contributed by atoms with Gasteiger partial charge in [0, 0.05) is 12.6 Å². The van der Waals surface area contributed by atoms with E-state index in [1.165, 1.54) is 28.7 Å². The summed E-state index contributed by atoms with van der Waals surface area (Å²) in [5.74, 6) is 1.02. The molecule has 2 aromatic rings. The van der Waals surface area contributed by atoms with Crippen molar-refractivity contribution in [1.82, 2.24) is 5.32 Å². The Morgan fingerprint density at radius 2 is 1.95 bits per heavy atom. The molecule has 1 aliphatic heterocycles. The van der Waals surface area contributed by atoms with Crippen LogP contribution in [0.1, 0.15) is 35.6 Å². The van der Waals surface area contributed by atoms with Gasteiger partial charge < -0.3 is 10.1 Å². The smallest absolute Gasteiger partial charge is 0.123 e. The van der Waals surface area contributed by atoms with Gasteiger partial charge in [-0.25, -0.2) is 0 Å². The Morgan fingerprint density at radius 1 is 1.14 bits per heavy atom. The molecule has 21 heavy (non-hydrogen) atoms. The first-order chi connectivity index (χ1) is 10.3. The van der Waals surface area contributed by atoms with Gasteiger partial charge in [-0.15, -0.1) is 0 Å². The van der Waals surface area contributed by atoms with Crippen LogP contribution in [0.2, 0.25) is 0 Å². The first-order valence-corrected chi connectivity index (χ1v) is 7.78. The van der Waals surface area contributed by atoms with Gasteiger partial charge >= 0.3 is 0 Å². The Labute approximate surface area is 127 Å².